The molecule has 104 valence electrons. The Morgan fingerprint density at radius 2 is 1.75 bits per heavy atom. The van der Waals surface area contributed by atoms with Gasteiger partial charge in [0, 0.05) is 10.0 Å². The number of hydrogen-bond acceptors (Lipinski definition) is 0. The zero-order valence-electron chi connectivity index (χ0n) is 11.0. The summed E-state index contributed by atoms with van der Waals surface area (Å²) in [5, 5.41) is -0.435. The van der Waals surface area contributed by atoms with Gasteiger partial charge in [-0.15, -0.1) is 11.6 Å². The van der Waals surface area contributed by atoms with Crippen LogP contribution in [0.3, 0.4) is 0 Å². The van der Waals surface area contributed by atoms with E-state index in [1.54, 1.807) is 6.07 Å². The topological polar surface area (TPSA) is 0 Å². The molecule has 0 fully saturated rings. The first-order chi connectivity index (χ1) is 9.65. The standard InChI is InChI=1S/C17H15BrClF/c18-14-7-8-15(16(20)10-14)17(19)13-6-5-11-3-1-2-4-12(11)9-13/h5-10,17H,1-4H2. The van der Waals surface area contributed by atoms with Crippen LogP contribution in [0.2, 0.25) is 0 Å². The van der Waals surface area contributed by atoms with Crippen molar-refractivity contribution in [1.29, 1.82) is 0 Å². The van der Waals surface area contributed by atoms with Crippen molar-refractivity contribution in [3.8, 4) is 0 Å². The molecule has 0 nitrogen and oxygen atoms in total. The van der Waals surface area contributed by atoms with Gasteiger partial charge in [-0.05, 0) is 54.5 Å². The maximum absolute atomic E-state index is 14.0. The highest BCUT2D eigenvalue weighted by atomic mass is 79.9. The highest BCUT2D eigenvalue weighted by Crippen LogP contribution is 2.34. The maximum atomic E-state index is 14.0. The fourth-order valence-electron chi connectivity index (χ4n) is 2.80. The molecule has 2 aromatic carbocycles. The van der Waals surface area contributed by atoms with Crippen LogP contribution in [-0.4, -0.2) is 0 Å². The van der Waals surface area contributed by atoms with Crippen LogP contribution in [-0.2, 0) is 12.8 Å². The Kier molecular flexibility index (Phi) is 4.13. The minimum absolute atomic E-state index is 0.267. The Balaban J connectivity index is 1.95. The van der Waals surface area contributed by atoms with Crippen LogP contribution in [0, 0.1) is 5.82 Å². The minimum Gasteiger partial charge on any atom is -0.207 e. The number of hydrogen-bond donors (Lipinski definition) is 0. The average molecular weight is 354 g/mol. The third-order valence-corrected chi connectivity index (χ3v) is 4.88. The fourth-order valence-corrected chi connectivity index (χ4v) is 3.44. The third-order valence-electron chi connectivity index (χ3n) is 3.90. The van der Waals surface area contributed by atoms with Gasteiger partial charge in [0.1, 0.15) is 5.82 Å². The number of rotatable bonds is 2. The molecule has 3 rings (SSSR count). The Bertz CT molecular complexity index is 639. The Morgan fingerprint density at radius 3 is 2.50 bits per heavy atom. The molecule has 0 aromatic heterocycles. The van der Waals surface area contributed by atoms with Crippen LogP contribution < -0.4 is 0 Å². The molecule has 0 amide bonds. The lowest BCUT2D eigenvalue weighted by atomic mass is 9.89. The van der Waals surface area contributed by atoms with Crippen molar-refractivity contribution < 1.29 is 4.39 Å². The summed E-state index contributed by atoms with van der Waals surface area (Å²) in [4.78, 5) is 0. The fraction of sp³-hybridized carbons (Fsp3) is 0.294. The molecule has 0 bridgehead atoms. The van der Waals surface area contributed by atoms with Gasteiger partial charge in [-0.3, -0.25) is 0 Å². The third kappa shape index (κ3) is 2.77. The van der Waals surface area contributed by atoms with Crippen LogP contribution in [0.5, 0.6) is 0 Å². The van der Waals surface area contributed by atoms with Gasteiger partial charge in [-0.2, -0.15) is 0 Å². The predicted molar refractivity (Wildman–Crippen MR) is 84.9 cm³/mol. The first-order valence-electron chi connectivity index (χ1n) is 6.86. The molecule has 20 heavy (non-hydrogen) atoms. The molecule has 0 spiro atoms. The van der Waals surface area contributed by atoms with Gasteiger partial charge in [0.05, 0.1) is 5.38 Å². The van der Waals surface area contributed by atoms with Crippen molar-refractivity contribution in [3.05, 3.63) is 68.9 Å². The van der Waals surface area contributed by atoms with Gasteiger partial charge in [0.25, 0.3) is 0 Å². The second kappa shape index (κ2) is 5.87. The number of halogens is 3. The van der Waals surface area contributed by atoms with Gasteiger partial charge in [0.15, 0.2) is 0 Å². The summed E-state index contributed by atoms with van der Waals surface area (Å²) < 4.78 is 14.7. The van der Waals surface area contributed by atoms with Crippen molar-refractivity contribution in [3.63, 3.8) is 0 Å². The molecule has 0 N–H and O–H groups in total. The van der Waals surface area contributed by atoms with Crippen LogP contribution in [0.4, 0.5) is 4.39 Å². The van der Waals surface area contributed by atoms with E-state index in [2.05, 4.69) is 28.1 Å². The van der Waals surface area contributed by atoms with E-state index in [0.717, 1.165) is 22.9 Å². The van der Waals surface area contributed by atoms with Crippen LogP contribution in [0.1, 0.15) is 40.5 Å². The molecular weight excluding hydrogens is 339 g/mol. The average Bonchev–Trinajstić information content (AvgIpc) is 2.46. The van der Waals surface area contributed by atoms with E-state index in [4.69, 9.17) is 11.6 Å². The number of alkyl halides is 1. The van der Waals surface area contributed by atoms with E-state index in [1.807, 2.05) is 12.1 Å². The van der Waals surface area contributed by atoms with Crippen LogP contribution >= 0.6 is 27.5 Å². The zero-order valence-corrected chi connectivity index (χ0v) is 13.3. The molecule has 0 saturated heterocycles. The van der Waals surface area contributed by atoms with E-state index in [9.17, 15) is 4.39 Å². The van der Waals surface area contributed by atoms with Crippen LogP contribution in [0.15, 0.2) is 40.9 Å². The summed E-state index contributed by atoms with van der Waals surface area (Å²) >= 11 is 9.74. The maximum Gasteiger partial charge on any atom is 0.129 e. The number of aryl methyl sites for hydroxylation is 2. The summed E-state index contributed by atoms with van der Waals surface area (Å²) in [5.41, 5.74) is 4.30. The van der Waals surface area contributed by atoms with Gasteiger partial charge < -0.3 is 0 Å². The van der Waals surface area contributed by atoms with E-state index in [1.165, 1.54) is 30.0 Å². The molecule has 1 aliphatic carbocycles. The van der Waals surface area contributed by atoms with Crippen molar-refractivity contribution in [2.45, 2.75) is 31.1 Å². The van der Waals surface area contributed by atoms with Crippen LogP contribution in [0.25, 0.3) is 0 Å². The molecule has 2 aromatic rings. The van der Waals surface area contributed by atoms with Gasteiger partial charge in [-0.25, -0.2) is 4.39 Å². The Labute approximate surface area is 132 Å². The minimum atomic E-state index is -0.435. The molecule has 1 unspecified atom stereocenters. The monoisotopic (exact) mass is 352 g/mol. The SMILES string of the molecule is Fc1cc(Br)ccc1C(Cl)c1ccc2c(c1)CCCC2. The normalized spacial score (nSPS) is 15.8. The Hall–Kier alpha value is -0.860. The summed E-state index contributed by atoms with van der Waals surface area (Å²) in [5.74, 6) is -0.267. The van der Waals surface area contributed by atoms with E-state index < -0.39 is 5.38 Å². The molecule has 3 heteroatoms. The molecule has 0 heterocycles. The van der Waals surface area contributed by atoms with Gasteiger partial charge >= 0.3 is 0 Å². The summed E-state index contributed by atoms with van der Waals surface area (Å²) in [6.07, 6.45) is 4.75. The lowest BCUT2D eigenvalue weighted by Crippen LogP contribution is -2.05. The second-order valence-electron chi connectivity index (χ2n) is 5.26. The smallest absolute Gasteiger partial charge is 0.129 e. The lowest BCUT2D eigenvalue weighted by Gasteiger charge is -2.19. The lowest BCUT2D eigenvalue weighted by molar-refractivity contribution is 0.611. The number of fused-ring (bicyclic) bond motifs is 1. The summed E-state index contributed by atoms with van der Waals surface area (Å²) in [6, 6.07) is 11.4. The predicted octanol–water partition coefficient (Wildman–Crippen LogP) is 5.80. The van der Waals surface area contributed by atoms with E-state index in [0.29, 0.717) is 5.56 Å². The molecule has 1 atom stereocenters. The van der Waals surface area contributed by atoms with Gasteiger partial charge in [-0.1, -0.05) is 40.2 Å². The highest BCUT2D eigenvalue weighted by molar-refractivity contribution is 9.10. The summed E-state index contributed by atoms with van der Waals surface area (Å²) in [7, 11) is 0. The molecule has 1 aliphatic rings. The first kappa shape index (κ1) is 14.1. The number of benzene rings is 2. The molecular formula is C17H15BrClF. The van der Waals surface area contributed by atoms with E-state index in [-0.39, 0.29) is 5.82 Å². The van der Waals surface area contributed by atoms with Crippen molar-refractivity contribution in [1.82, 2.24) is 0 Å². The molecule has 0 aliphatic heterocycles. The van der Waals surface area contributed by atoms with Gasteiger partial charge in [0.2, 0.25) is 0 Å². The summed E-state index contributed by atoms with van der Waals surface area (Å²) in [6.45, 7) is 0. The van der Waals surface area contributed by atoms with Crippen molar-refractivity contribution in [2.75, 3.05) is 0 Å². The van der Waals surface area contributed by atoms with Crippen molar-refractivity contribution in [2.24, 2.45) is 0 Å². The Morgan fingerprint density at radius 1 is 1.00 bits per heavy atom. The van der Waals surface area contributed by atoms with E-state index >= 15 is 0 Å². The first-order valence-corrected chi connectivity index (χ1v) is 8.09. The largest absolute Gasteiger partial charge is 0.207 e. The highest BCUT2D eigenvalue weighted by Gasteiger charge is 2.18. The molecule has 0 radical (unpaired) electrons. The second-order valence-corrected chi connectivity index (χ2v) is 6.62. The quantitative estimate of drug-likeness (QED) is 0.599. The zero-order chi connectivity index (χ0) is 14.1. The molecule has 0 saturated carbocycles. The van der Waals surface area contributed by atoms with Crippen molar-refractivity contribution >= 4 is 27.5 Å².